The van der Waals surface area contributed by atoms with Gasteiger partial charge < -0.3 is 14.5 Å². The second kappa shape index (κ2) is 6.59. The zero-order valence-electron chi connectivity index (χ0n) is 14.3. The fraction of sp³-hybridized carbons (Fsp3) is 0.824. The van der Waals surface area contributed by atoms with Crippen molar-refractivity contribution in [1.82, 2.24) is 15.5 Å². The Balaban J connectivity index is 1.48. The number of hydrogen-bond acceptors (Lipinski definition) is 5. The summed E-state index contributed by atoms with van der Waals surface area (Å²) in [7, 11) is 0. The smallest absolute Gasteiger partial charge is 0.223 e. The number of aryl methyl sites for hydroxylation is 1. The van der Waals surface area contributed by atoms with Gasteiger partial charge in [-0.05, 0) is 31.1 Å². The van der Waals surface area contributed by atoms with Crippen LogP contribution >= 0.6 is 0 Å². The molecule has 128 valence electrons. The highest BCUT2D eigenvalue weighted by Gasteiger charge is 2.41. The number of rotatable bonds is 6. The molecule has 3 rings (SSSR count). The number of nitrogens with one attached hydrogen (secondary N) is 1. The van der Waals surface area contributed by atoms with Gasteiger partial charge in [-0.25, -0.2) is 0 Å². The molecule has 0 aromatic carbocycles. The van der Waals surface area contributed by atoms with Gasteiger partial charge in [0.05, 0.1) is 12.0 Å². The minimum atomic E-state index is 0.0584. The Morgan fingerprint density at radius 1 is 1.26 bits per heavy atom. The number of hydrogen-bond donors (Lipinski definition) is 1. The standard InChI is InChI=1S/C17H27N3O3/c1-17(2,3)14-12(8-10-22-14)16-20-19-13(23-16)5-4-9-18-15(21)11-6-7-11/h11-12,14H,4-10H2,1-3H3,(H,18,21)/t12-,14-/m0/s1. The molecule has 0 spiro atoms. The zero-order valence-corrected chi connectivity index (χ0v) is 14.3. The van der Waals surface area contributed by atoms with Crippen LogP contribution in [0.3, 0.4) is 0 Å². The minimum Gasteiger partial charge on any atom is -0.425 e. The molecule has 0 bridgehead atoms. The van der Waals surface area contributed by atoms with E-state index in [1.807, 2.05) is 0 Å². The first-order valence-electron chi connectivity index (χ1n) is 8.67. The van der Waals surface area contributed by atoms with E-state index in [1.54, 1.807) is 0 Å². The maximum Gasteiger partial charge on any atom is 0.223 e. The molecule has 2 atom stereocenters. The van der Waals surface area contributed by atoms with Crippen molar-refractivity contribution >= 4 is 5.91 Å². The number of carbonyl (C=O) groups is 1. The SMILES string of the molecule is CC(C)(C)[C@H]1OCC[C@@H]1c1nnc(CCCNC(=O)C2CC2)o1. The van der Waals surface area contributed by atoms with E-state index in [2.05, 4.69) is 36.3 Å². The van der Waals surface area contributed by atoms with E-state index in [1.165, 1.54) is 0 Å². The third kappa shape index (κ3) is 4.10. The third-order valence-electron chi connectivity index (χ3n) is 4.56. The molecule has 6 nitrogen and oxygen atoms in total. The molecule has 0 radical (unpaired) electrons. The molecule has 23 heavy (non-hydrogen) atoms. The number of aromatic nitrogens is 2. The molecule has 1 aromatic heterocycles. The van der Waals surface area contributed by atoms with Crippen molar-refractivity contribution in [3.05, 3.63) is 11.8 Å². The first-order chi connectivity index (χ1) is 10.9. The molecule has 2 fully saturated rings. The average molecular weight is 321 g/mol. The molecule has 1 saturated heterocycles. The minimum absolute atomic E-state index is 0.0584. The van der Waals surface area contributed by atoms with E-state index in [-0.39, 0.29) is 29.3 Å². The van der Waals surface area contributed by atoms with Crippen LogP contribution in [0.25, 0.3) is 0 Å². The summed E-state index contributed by atoms with van der Waals surface area (Å²) >= 11 is 0. The van der Waals surface area contributed by atoms with Crippen LogP contribution < -0.4 is 5.32 Å². The summed E-state index contributed by atoms with van der Waals surface area (Å²) in [6.45, 7) is 7.95. The third-order valence-corrected chi connectivity index (χ3v) is 4.56. The van der Waals surface area contributed by atoms with E-state index in [9.17, 15) is 4.79 Å². The lowest BCUT2D eigenvalue weighted by Crippen LogP contribution is -2.30. The average Bonchev–Trinajstić information content (AvgIpc) is 3.03. The summed E-state index contributed by atoms with van der Waals surface area (Å²) < 4.78 is 11.7. The van der Waals surface area contributed by atoms with Crippen LogP contribution in [-0.4, -0.2) is 35.4 Å². The van der Waals surface area contributed by atoms with Crippen molar-refractivity contribution in [3.63, 3.8) is 0 Å². The summed E-state index contributed by atoms with van der Waals surface area (Å²) in [4.78, 5) is 11.5. The molecule has 1 aromatic rings. The predicted molar refractivity (Wildman–Crippen MR) is 84.9 cm³/mol. The van der Waals surface area contributed by atoms with Gasteiger partial charge in [0, 0.05) is 25.5 Å². The summed E-state index contributed by atoms with van der Waals surface area (Å²) in [5.41, 5.74) is 0.0584. The predicted octanol–water partition coefficient (Wildman–Crippen LogP) is 2.45. The molecule has 1 aliphatic carbocycles. The normalized spacial score (nSPS) is 24.8. The van der Waals surface area contributed by atoms with Crippen LogP contribution in [0.1, 0.15) is 64.2 Å². The van der Waals surface area contributed by atoms with E-state index < -0.39 is 0 Å². The van der Waals surface area contributed by atoms with Crippen LogP contribution in [0, 0.1) is 11.3 Å². The number of ether oxygens (including phenoxy) is 1. The number of amides is 1. The lowest BCUT2D eigenvalue weighted by atomic mass is 9.81. The first kappa shape index (κ1) is 16.4. The molecule has 0 unspecified atom stereocenters. The molecule has 2 aliphatic rings. The maximum absolute atomic E-state index is 11.5. The van der Waals surface area contributed by atoms with Gasteiger partial charge in [0.1, 0.15) is 0 Å². The van der Waals surface area contributed by atoms with Gasteiger partial charge in [-0.15, -0.1) is 10.2 Å². The van der Waals surface area contributed by atoms with Crippen LogP contribution in [0.15, 0.2) is 4.42 Å². The van der Waals surface area contributed by atoms with Crippen LogP contribution in [0.4, 0.5) is 0 Å². The molecule has 2 heterocycles. The molecule has 1 saturated carbocycles. The highest BCUT2D eigenvalue weighted by molar-refractivity contribution is 5.80. The summed E-state index contributed by atoms with van der Waals surface area (Å²) in [5, 5.41) is 11.3. The largest absolute Gasteiger partial charge is 0.425 e. The quantitative estimate of drug-likeness (QED) is 0.814. The Kier molecular flexibility index (Phi) is 4.71. The van der Waals surface area contributed by atoms with E-state index in [0.29, 0.717) is 24.7 Å². The molecular weight excluding hydrogens is 294 g/mol. The van der Waals surface area contributed by atoms with Crippen LogP contribution in [-0.2, 0) is 16.0 Å². The molecular formula is C17H27N3O3. The fourth-order valence-electron chi connectivity index (χ4n) is 3.15. The molecule has 1 N–H and O–H groups in total. The van der Waals surface area contributed by atoms with Crippen LogP contribution in [0.5, 0.6) is 0 Å². The zero-order chi connectivity index (χ0) is 16.4. The Morgan fingerprint density at radius 2 is 2.04 bits per heavy atom. The second-order valence-electron chi connectivity index (χ2n) is 7.76. The number of carbonyl (C=O) groups excluding carboxylic acids is 1. The Hall–Kier alpha value is -1.43. The second-order valence-corrected chi connectivity index (χ2v) is 7.76. The van der Waals surface area contributed by atoms with Crippen molar-refractivity contribution in [1.29, 1.82) is 0 Å². The van der Waals surface area contributed by atoms with Crippen molar-refractivity contribution in [2.24, 2.45) is 11.3 Å². The Labute approximate surface area is 137 Å². The lowest BCUT2D eigenvalue weighted by molar-refractivity contribution is -0.122. The van der Waals surface area contributed by atoms with E-state index in [0.717, 1.165) is 32.3 Å². The van der Waals surface area contributed by atoms with Crippen molar-refractivity contribution in [3.8, 4) is 0 Å². The Bertz CT molecular complexity index is 546. The van der Waals surface area contributed by atoms with Gasteiger partial charge in [-0.1, -0.05) is 20.8 Å². The molecule has 1 aliphatic heterocycles. The van der Waals surface area contributed by atoms with E-state index >= 15 is 0 Å². The van der Waals surface area contributed by atoms with Gasteiger partial charge in [-0.3, -0.25) is 4.79 Å². The highest BCUT2D eigenvalue weighted by Crippen LogP contribution is 2.40. The monoisotopic (exact) mass is 321 g/mol. The Morgan fingerprint density at radius 3 is 2.74 bits per heavy atom. The lowest BCUT2D eigenvalue weighted by Gasteiger charge is -2.29. The van der Waals surface area contributed by atoms with Gasteiger partial charge in [0.25, 0.3) is 0 Å². The topological polar surface area (TPSA) is 77.3 Å². The molecule has 6 heteroatoms. The van der Waals surface area contributed by atoms with Gasteiger partial charge >= 0.3 is 0 Å². The van der Waals surface area contributed by atoms with Crippen molar-refractivity contribution < 1.29 is 13.9 Å². The summed E-state index contributed by atoms with van der Waals surface area (Å²) in [6, 6.07) is 0. The highest BCUT2D eigenvalue weighted by atomic mass is 16.5. The van der Waals surface area contributed by atoms with E-state index in [4.69, 9.17) is 9.15 Å². The first-order valence-corrected chi connectivity index (χ1v) is 8.67. The fourth-order valence-corrected chi connectivity index (χ4v) is 3.15. The van der Waals surface area contributed by atoms with Gasteiger partial charge in [0.15, 0.2) is 0 Å². The van der Waals surface area contributed by atoms with Crippen molar-refractivity contribution in [2.75, 3.05) is 13.2 Å². The summed E-state index contributed by atoms with van der Waals surface area (Å²) in [6.07, 6.45) is 4.65. The van der Waals surface area contributed by atoms with Gasteiger partial charge in [-0.2, -0.15) is 0 Å². The molecule has 1 amide bonds. The van der Waals surface area contributed by atoms with Crippen LogP contribution in [0.2, 0.25) is 0 Å². The summed E-state index contributed by atoms with van der Waals surface area (Å²) in [5.74, 6) is 1.99. The van der Waals surface area contributed by atoms with Gasteiger partial charge in [0.2, 0.25) is 17.7 Å². The maximum atomic E-state index is 11.5. The van der Waals surface area contributed by atoms with Crippen molar-refractivity contribution in [2.45, 2.75) is 64.9 Å². The number of nitrogens with zero attached hydrogens (tertiary/aromatic N) is 2.